The monoisotopic (exact) mass is 239 g/mol. The second-order valence-corrected chi connectivity index (χ2v) is 5.27. The molecule has 1 aromatic carbocycles. The van der Waals surface area contributed by atoms with Crippen molar-refractivity contribution in [2.75, 3.05) is 6.54 Å². The van der Waals surface area contributed by atoms with E-state index in [9.17, 15) is 5.11 Å². The van der Waals surface area contributed by atoms with Crippen LogP contribution in [0.2, 0.25) is 5.02 Å². The summed E-state index contributed by atoms with van der Waals surface area (Å²) in [6.07, 6.45) is 1.24. The zero-order valence-corrected chi connectivity index (χ0v) is 10.5. The van der Waals surface area contributed by atoms with E-state index in [1.165, 1.54) is 6.42 Å². The van der Waals surface area contributed by atoms with Crippen molar-refractivity contribution >= 4 is 11.6 Å². The number of phenolic OH excluding ortho intramolecular Hbond substituents is 1. The Hall–Kier alpha value is -0.730. The average Bonchev–Trinajstić information content (AvgIpc) is 2.53. The van der Waals surface area contributed by atoms with Gasteiger partial charge >= 0.3 is 0 Å². The SMILES string of the molecule is CC1CC(C)N(Cc2cccc(Cl)c2O)C1. The zero-order valence-electron chi connectivity index (χ0n) is 9.78. The van der Waals surface area contributed by atoms with Crippen molar-refractivity contribution < 1.29 is 5.11 Å². The summed E-state index contributed by atoms with van der Waals surface area (Å²) in [5.41, 5.74) is 0.924. The van der Waals surface area contributed by atoms with Gasteiger partial charge in [-0.25, -0.2) is 0 Å². The van der Waals surface area contributed by atoms with E-state index in [1.54, 1.807) is 6.07 Å². The first-order valence-electron chi connectivity index (χ1n) is 5.78. The number of rotatable bonds is 2. The Kier molecular flexibility index (Phi) is 3.41. The van der Waals surface area contributed by atoms with Gasteiger partial charge in [-0.15, -0.1) is 0 Å². The molecule has 16 heavy (non-hydrogen) atoms. The lowest BCUT2D eigenvalue weighted by atomic mass is 10.1. The van der Waals surface area contributed by atoms with Gasteiger partial charge in [-0.1, -0.05) is 30.7 Å². The van der Waals surface area contributed by atoms with Crippen LogP contribution in [0.25, 0.3) is 0 Å². The van der Waals surface area contributed by atoms with E-state index in [2.05, 4.69) is 18.7 Å². The highest BCUT2D eigenvalue weighted by atomic mass is 35.5. The molecule has 1 fully saturated rings. The molecule has 1 aromatic rings. The Morgan fingerprint density at radius 1 is 1.44 bits per heavy atom. The van der Waals surface area contributed by atoms with Crippen molar-refractivity contribution in [2.24, 2.45) is 5.92 Å². The van der Waals surface area contributed by atoms with Crippen LogP contribution in [-0.2, 0) is 6.54 Å². The molecule has 1 aliphatic rings. The van der Waals surface area contributed by atoms with Crippen LogP contribution in [0, 0.1) is 5.92 Å². The van der Waals surface area contributed by atoms with E-state index in [0.29, 0.717) is 11.1 Å². The van der Waals surface area contributed by atoms with Gasteiger partial charge in [0, 0.05) is 24.7 Å². The van der Waals surface area contributed by atoms with Gasteiger partial charge in [-0.3, -0.25) is 4.90 Å². The fourth-order valence-corrected chi connectivity index (χ4v) is 2.71. The molecule has 2 nitrogen and oxygen atoms in total. The van der Waals surface area contributed by atoms with Gasteiger partial charge in [0.25, 0.3) is 0 Å². The van der Waals surface area contributed by atoms with Crippen molar-refractivity contribution in [2.45, 2.75) is 32.9 Å². The van der Waals surface area contributed by atoms with Gasteiger partial charge in [0.1, 0.15) is 5.75 Å². The number of para-hydroxylation sites is 1. The Bertz CT molecular complexity index is 380. The maximum atomic E-state index is 9.85. The molecule has 1 heterocycles. The molecule has 0 amide bonds. The van der Waals surface area contributed by atoms with Crippen LogP contribution in [0.5, 0.6) is 5.75 Å². The first-order valence-corrected chi connectivity index (χ1v) is 6.16. The van der Waals surface area contributed by atoms with Crippen LogP contribution in [0.1, 0.15) is 25.8 Å². The van der Waals surface area contributed by atoms with E-state index in [-0.39, 0.29) is 5.75 Å². The minimum absolute atomic E-state index is 0.232. The Morgan fingerprint density at radius 3 is 2.81 bits per heavy atom. The summed E-state index contributed by atoms with van der Waals surface area (Å²) in [6.45, 7) is 6.41. The molecular formula is C13H18ClNO. The number of halogens is 1. The summed E-state index contributed by atoms with van der Waals surface area (Å²) in [6, 6.07) is 6.14. The van der Waals surface area contributed by atoms with E-state index >= 15 is 0 Å². The molecule has 0 saturated carbocycles. The van der Waals surface area contributed by atoms with E-state index in [1.807, 2.05) is 12.1 Å². The summed E-state index contributed by atoms with van der Waals surface area (Å²) < 4.78 is 0. The van der Waals surface area contributed by atoms with E-state index in [0.717, 1.165) is 24.6 Å². The molecule has 1 saturated heterocycles. The van der Waals surface area contributed by atoms with E-state index < -0.39 is 0 Å². The topological polar surface area (TPSA) is 23.5 Å². The molecule has 0 aliphatic carbocycles. The number of phenols is 1. The lowest BCUT2D eigenvalue weighted by Gasteiger charge is -2.21. The van der Waals surface area contributed by atoms with E-state index in [4.69, 9.17) is 11.6 Å². The first kappa shape index (κ1) is 11.7. The predicted molar refractivity (Wildman–Crippen MR) is 66.8 cm³/mol. The minimum Gasteiger partial charge on any atom is -0.506 e. The Labute approximate surface area is 102 Å². The summed E-state index contributed by atoms with van der Waals surface area (Å²) in [5, 5.41) is 10.3. The highest BCUT2D eigenvalue weighted by Crippen LogP contribution is 2.31. The number of benzene rings is 1. The fourth-order valence-electron chi connectivity index (χ4n) is 2.51. The zero-order chi connectivity index (χ0) is 11.7. The molecule has 0 spiro atoms. The molecule has 2 rings (SSSR count). The number of nitrogens with zero attached hydrogens (tertiary/aromatic N) is 1. The summed E-state index contributed by atoms with van der Waals surface area (Å²) in [5.74, 6) is 0.979. The number of hydrogen-bond donors (Lipinski definition) is 1. The third kappa shape index (κ3) is 2.33. The second-order valence-electron chi connectivity index (χ2n) is 4.87. The number of aromatic hydroxyl groups is 1. The highest BCUT2D eigenvalue weighted by molar-refractivity contribution is 6.32. The first-order chi connectivity index (χ1) is 7.58. The summed E-state index contributed by atoms with van der Waals surface area (Å²) in [4.78, 5) is 2.40. The summed E-state index contributed by atoms with van der Waals surface area (Å²) >= 11 is 5.90. The van der Waals surface area contributed by atoms with Gasteiger partial charge < -0.3 is 5.11 Å². The predicted octanol–water partition coefficient (Wildman–Crippen LogP) is 3.28. The van der Waals surface area contributed by atoms with Crippen LogP contribution in [-0.4, -0.2) is 22.6 Å². The van der Waals surface area contributed by atoms with Crippen molar-refractivity contribution in [3.63, 3.8) is 0 Å². The van der Waals surface area contributed by atoms with Crippen LogP contribution in [0.15, 0.2) is 18.2 Å². The van der Waals surface area contributed by atoms with Gasteiger partial charge in [-0.05, 0) is 25.3 Å². The van der Waals surface area contributed by atoms with Crippen molar-refractivity contribution in [3.05, 3.63) is 28.8 Å². The third-order valence-electron chi connectivity index (χ3n) is 3.36. The quantitative estimate of drug-likeness (QED) is 0.856. The number of hydrogen-bond acceptors (Lipinski definition) is 2. The molecule has 0 bridgehead atoms. The lowest BCUT2D eigenvalue weighted by Crippen LogP contribution is -2.26. The fraction of sp³-hybridized carbons (Fsp3) is 0.538. The molecule has 3 heteroatoms. The maximum Gasteiger partial charge on any atom is 0.138 e. The largest absolute Gasteiger partial charge is 0.506 e. The van der Waals surface area contributed by atoms with Crippen molar-refractivity contribution in [3.8, 4) is 5.75 Å². The molecule has 2 atom stereocenters. The second kappa shape index (κ2) is 4.64. The van der Waals surface area contributed by atoms with Gasteiger partial charge in [0.15, 0.2) is 0 Å². The standard InChI is InChI=1S/C13H18ClNO/c1-9-6-10(2)15(7-9)8-11-4-3-5-12(14)13(11)16/h3-5,9-10,16H,6-8H2,1-2H3. The molecular weight excluding hydrogens is 222 g/mol. The summed E-state index contributed by atoms with van der Waals surface area (Å²) in [7, 11) is 0. The van der Waals surface area contributed by atoms with Crippen LogP contribution in [0.4, 0.5) is 0 Å². The van der Waals surface area contributed by atoms with Crippen molar-refractivity contribution in [1.82, 2.24) is 4.90 Å². The highest BCUT2D eigenvalue weighted by Gasteiger charge is 2.26. The van der Waals surface area contributed by atoms with Crippen molar-refractivity contribution in [1.29, 1.82) is 0 Å². The smallest absolute Gasteiger partial charge is 0.138 e. The third-order valence-corrected chi connectivity index (χ3v) is 3.66. The molecule has 0 radical (unpaired) electrons. The minimum atomic E-state index is 0.232. The Balaban J connectivity index is 2.12. The lowest BCUT2D eigenvalue weighted by molar-refractivity contribution is 0.253. The maximum absolute atomic E-state index is 9.85. The molecule has 1 aliphatic heterocycles. The average molecular weight is 240 g/mol. The van der Waals surface area contributed by atoms with Gasteiger partial charge in [0.2, 0.25) is 0 Å². The molecule has 0 aromatic heterocycles. The van der Waals surface area contributed by atoms with Gasteiger partial charge in [0.05, 0.1) is 5.02 Å². The molecule has 2 unspecified atom stereocenters. The number of likely N-dealkylation sites (tertiary alicyclic amines) is 1. The molecule has 88 valence electrons. The Morgan fingerprint density at radius 2 is 2.19 bits per heavy atom. The van der Waals surface area contributed by atoms with Crippen LogP contribution < -0.4 is 0 Å². The normalized spacial score (nSPS) is 26.2. The van der Waals surface area contributed by atoms with Gasteiger partial charge in [-0.2, -0.15) is 0 Å². The van der Waals surface area contributed by atoms with Crippen LogP contribution in [0.3, 0.4) is 0 Å². The van der Waals surface area contributed by atoms with Crippen LogP contribution >= 0.6 is 11.6 Å². The molecule has 1 N–H and O–H groups in total.